The summed E-state index contributed by atoms with van der Waals surface area (Å²) >= 11 is 6.71. The lowest BCUT2D eigenvalue weighted by atomic mass is 10.1. The molecule has 0 saturated carbocycles. The van der Waals surface area contributed by atoms with Gasteiger partial charge in [0.2, 0.25) is 4.96 Å². The van der Waals surface area contributed by atoms with Gasteiger partial charge in [0.1, 0.15) is 10.7 Å². The van der Waals surface area contributed by atoms with Crippen molar-refractivity contribution >= 4 is 56.6 Å². The van der Waals surface area contributed by atoms with Crippen LogP contribution in [0.5, 0.6) is 0 Å². The molecule has 0 spiro atoms. The third kappa shape index (κ3) is 4.68. The number of hydrogen-bond acceptors (Lipinski definition) is 9. The number of nitro benzene ring substituents is 1. The average Bonchev–Trinajstić information content (AvgIpc) is 3.58. The van der Waals surface area contributed by atoms with Crippen LogP contribution in [-0.2, 0) is 0 Å². The van der Waals surface area contributed by atoms with Crippen LogP contribution < -0.4 is 15.5 Å². The first kappa shape index (κ1) is 22.8. The highest BCUT2D eigenvalue weighted by Gasteiger charge is 2.24. The Morgan fingerprint density at radius 3 is 2.71 bits per heavy atom. The van der Waals surface area contributed by atoms with Gasteiger partial charge in [-0.1, -0.05) is 23.5 Å². The van der Waals surface area contributed by atoms with Gasteiger partial charge in [0.05, 0.1) is 4.92 Å². The van der Waals surface area contributed by atoms with Gasteiger partial charge in [0, 0.05) is 36.0 Å². The van der Waals surface area contributed by atoms with Crippen molar-refractivity contribution in [2.24, 2.45) is 0 Å². The summed E-state index contributed by atoms with van der Waals surface area (Å²) in [4.78, 5) is 26.6. The highest BCUT2D eigenvalue weighted by atomic mass is 32.1. The first-order valence-corrected chi connectivity index (χ1v) is 12.1. The Bertz CT molecular complexity index is 1460. The summed E-state index contributed by atoms with van der Waals surface area (Å²) in [6, 6.07) is 11.9. The minimum absolute atomic E-state index is 0.0763. The molecule has 2 aromatic carbocycles. The molecular weight excluding hydrogens is 488 g/mol. The van der Waals surface area contributed by atoms with Crippen molar-refractivity contribution < 1.29 is 9.72 Å². The number of thiocarbonyl (C=S) groups is 1. The van der Waals surface area contributed by atoms with E-state index in [2.05, 4.69) is 25.9 Å². The number of nitrogens with zero attached hydrogens (tertiary/aromatic N) is 6. The fraction of sp³-hybridized carbons (Fsp3) is 0.227. The molecule has 11 nitrogen and oxygen atoms in total. The lowest BCUT2D eigenvalue weighted by Gasteiger charge is -2.18. The van der Waals surface area contributed by atoms with E-state index in [1.165, 1.54) is 17.4 Å². The predicted molar refractivity (Wildman–Crippen MR) is 137 cm³/mol. The zero-order valence-electron chi connectivity index (χ0n) is 18.6. The number of nitro groups is 1. The second kappa shape index (κ2) is 9.35. The highest BCUT2D eigenvalue weighted by molar-refractivity contribution is 7.80. The Hall–Kier alpha value is -3.97. The summed E-state index contributed by atoms with van der Waals surface area (Å²) in [5, 5.41) is 30.6. The van der Waals surface area contributed by atoms with Crippen LogP contribution in [0.25, 0.3) is 15.5 Å². The average molecular weight is 509 g/mol. The van der Waals surface area contributed by atoms with Crippen molar-refractivity contribution in [3.63, 3.8) is 0 Å². The van der Waals surface area contributed by atoms with E-state index < -0.39 is 10.8 Å². The molecular formula is C22H20N8O3S2. The Morgan fingerprint density at radius 2 is 1.97 bits per heavy atom. The van der Waals surface area contributed by atoms with Gasteiger partial charge >= 0.3 is 0 Å². The maximum Gasteiger partial charge on any atom is 0.293 e. The van der Waals surface area contributed by atoms with Gasteiger partial charge < -0.3 is 10.2 Å². The number of aryl methyl sites for hydroxylation is 1. The molecule has 1 aliphatic heterocycles. The smallest absolute Gasteiger partial charge is 0.293 e. The van der Waals surface area contributed by atoms with Crippen molar-refractivity contribution in [2.75, 3.05) is 23.3 Å². The van der Waals surface area contributed by atoms with Gasteiger partial charge in [-0.25, -0.2) is 0 Å². The fourth-order valence-electron chi connectivity index (χ4n) is 3.94. The summed E-state index contributed by atoms with van der Waals surface area (Å²) in [6.45, 7) is 3.37. The number of carbonyl (C=O) groups is 1. The number of benzene rings is 2. The monoisotopic (exact) mass is 508 g/mol. The minimum atomic E-state index is -0.529. The zero-order chi connectivity index (χ0) is 24.5. The van der Waals surface area contributed by atoms with Crippen LogP contribution in [0.1, 0.15) is 29.0 Å². The lowest BCUT2D eigenvalue weighted by molar-refractivity contribution is -0.384. The number of fused-ring (bicyclic) bond motifs is 1. The summed E-state index contributed by atoms with van der Waals surface area (Å²) in [5.41, 5.74) is 2.11. The zero-order valence-corrected chi connectivity index (χ0v) is 20.2. The van der Waals surface area contributed by atoms with Crippen LogP contribution >= 0.6 is 23.6 Å². The summed E-state index contributed by atoms with van der Waals surface area (Å²) in [5.74, 6) is 0.174. The second-order valence-electron chi connectivity index (χ2n) is 7.99. The predicted octanol–water partition coefficient (Wildman–Crippen LogP) is 3.80. The van der Waals surface area contributed by atoms with E-state index in [1.807, 2.05) is 36.1 Å². The molecule has 0 bridgehead atoms. The van der Waals surface area contributed by atoms with E-state index in [1.54, 1.807) is 16.6 Å². The van der Waals surface area contributed by atoms with Gasteiger partial charge in [0.15, 0.2) is 10.9 Å². The molecule has 1 aliphatic rings. The largest absolute Gasteiger partial charge is 0.366 e. The minimum Gasteiger partial charge on any atom is -0.366 e. The van der Waals surface area contributed by atoms with Crippen molar-refractivity contribution in [2.45, 2.75) is 19.8 Å². The fourth-order valence-corrected chi connectivity index (χ4v) is 5.03. The van der Waals surface area contributed by atoms with Crippen LogP contribution in [0, 0.1) is 17.0 Å². The van der Waals surface area contributed by atoms with E-state index in [0.717, 1.165) is 36.5 Å². The highest BCUT2D eigenvalue weighted by Crippen LogP contribution is 2.32. The number of nitrogens with one attached hydrogen (secondary N) is 2. The molecule has 0 aliphatic carbocycles. The molecule has 13 heteroatoms. The molecule has 0 radical (unpaired) electrons. The normalized spacial score (nSPS) is 13.2. The third-order valence-corrected chi connectivity index (χ3v) is 6.77. The molecule has 1 fully saturated rings. The van der Waals surface area contributed by atoms with E-state index >= 15 is 0 Å². The molecule has 2 aromatic heterocycles. The van der Waals surface area contributed by atoms with Gasteiger partial charge in [-0.2, -0.15) is 9.61 Å². The van der Waals surface area contributed by atoms with Crippen molar-refractivity contribution in [1.29, 1.82) is 0 Å². The van der Waals surface area contributed by atoms with Crippen molar-refractivity contribution in [1.82, 2.24) is 25.1 Å². The maximum absolute atomic E-state index is 12.7. The standard InChI is InChI=1S/C22H20N8O3S2/c1-13-25-26-22-29(13)27-20(35-22)15-5-4-6-16(11-15)23-21(34)24-19(31)14-7-8-17(18(12-14)30(32)33)28-9-2-3-10-28/h4-8,11-12H,2-3,9-10H2,1H3,(H2,23,24,31,34). The van der Waals surface area contributed by atoms with Crippen LogP contribution in [0.4, 0.5) is 17.1 Å². The van der Waals surface area contributed by atoms with Crippen LogP contribution in [-0.4, -0.2) is 48.8 Å². The molecule has 1 saturated heterocycles. The molecule has 35 heavy (non-hydrogen) atoms. The van der Waals surface area contributed by atoms with Gasteiger partial charge in [-0.3, -0.25) is 20.2 Å². The number of hydrogen-bond donors (Lipinski definition) is 2. The number of carbonyl (C=O) groups excluding carboxylic acids is 1. The van der Waals surface area contributed by atoms with E-state index in [4.69, 9.17) is 12.2 Å². The number of rotatable bonds is 5. The Kier molecular flexibility index (Phi) is 6.09. The summed E-state index contributed by atoms with van der Waals surface area (Å²) in [7, 11) is 0. The molecule has 2 N–H and O–H groups in total. The maximum atomic E-state index is 12.7. The van der Waals surface area contributed by atoms with Gasteiger partial charge in [-0.15, -0.1) is 10.2 Å². The molecule has 5 rings (SSSR count). The molecule has 0 atom stereocenters. The summed E-state index contributed by atoms with van der Waals surface area (Å²) in [6.07, 6.45) is 1.99. The molecule has 4 aromatic rings. The lowest BCUT2D eigenvalue weighted by Crippen LogP contribution is -2.34. The number of amides is 1. The quantitative estimate of drug-likeness (QED) is 0.235. The Labute approximate surface area is 208 Å². The number of aromatic nitrogens is 4. The van der Waals surface area contributed by atoms with Crippen molar-refractivity contribution in [3.05, 3.63) is 64.0 Å². The SMILES string of the molecule is Cc1nnc2sc(-c3cccc(NC(=S)NC(=O)c4ccc(N5CCCC5)c([N+](=O)[O-])c4)c3)nn12. The van der Waals surface area contributed by atoms with Crippen LogP contribution in [0.2, 0.25) is 0 Å². The van der Waals surface area contributed by atoms with Gasteiger partial charge in [-0.05, 0) is 56.2 Å². The number of anilines is 2. The molecule has 3 heterocycles. The first-order valence-electron chi connectivity index (χ1n) is 10.8. The first-order chi connectivity index (χ1) is 16.9. The molecule has 0 unspecified atom stereocenters. The topological polar surface area (TPSA) is 131 Å². The van der Waals surface area contributed by atoms with E-state index in [0.29, 0.717) is 22.2 Å². The third-order valence-electron chi connectivity index (χ3n) is 5.62. The second-order valence-corrected chi connectivity index (χ2v) is 9.36. The Morgan fingerprint density at radius 1 is 1.17 bits per heavy atom. The Balaban J connectivity index is 1.29. The van der Waals surface area contributed by atoms with Crippen LogP contribution in [0.15, 0.2) is 42.5 Å². The van der Waals surface area contributed by atoms with E-state index in [-0.39, 0.29) is 16.4 Å². The van der Waals surface area contributed by atoms with E-state index in [9.17, 15) is 14.9 Å². The van der Waals surface area contributed by atoms with Crippen LogP contribution in [0.3, 0.4) is 0 Å². The molecule has 1 amide bonds. The summed E-state index contributed by atoms with van der Waals surface area (Å²) < 4.78 is 1.68. The van der Waals surface area contributed by atoms with Crippen molar-refractivity contribution in [3.8, 4) is 10.6 Å². The van der Waals surface area contributed by atoms with Gasteiger partial charge in [0.25, 0.3) is 11.6 Å². The molecule has 178 valence electrons.